The predicted octanol–water partition coefficient (Wildman–Crippen LogP) is 13.3. The summed E-state index contributed by atoms with van der Waals surface area (Å²) in [4.78, 5) is 7.29. The van der Waals surface area contributed by atoms with Crippen LogP contribution in [0.3, 0.4) is 0 Å². The average molecular weight is 664 g/mol. The van der Waals surface area contributed by atoms with Crippen LogP contribution >= 0.6 is 0 Å². The first-order valence-corrected chi connectivity index (χ1v) is 17.7. The molecule has 2 heterocycles. The Bertz CT molecular complexity index is 2800. The largest absolute Gasteiger partial charge is 0.310 e. The Morgan fingerprint density at radius 2 is 0.885 bits per heavy atom. The molecule has 0 aliphatic heterocycles. The summed E-state index contributed by atoms with van der Waals surface area (Å²) in [6, 6.07) is 69.5. The molecule has 0 aliphatic carbocycles. The molecule has 3 heteroatoms. The number of fused-ring (bicyclic) bond motifs is 5. The van der Waals surface area contributed by atoms with Crippen molar-refractivity contribution in [1.29, 1.82) is 0 Å². The minimum atomic E-state index is 0.937. The lowest BCUT2D eigenvalue weighted by molar-refractivity contribution is 1.13. The molecule has 8 aromatic carbocycles. The lowest BCUT2D eigenvalue weighted by Crippen LogP contribution is -2.10. The van der Waals surface area contributed by atoms with Crippen molar-refractivity contribution in [2.75, 3.05) is 4.90 Å². The van der Waals surface area contributed by atoms with Crippen molar-refractivity contribution in [3.8, 4) is 27.9 Å². The van der Waals surface area contributed by atoms with Crippen LogP contribution in [0.2, 0.25) is 0 Å². The Morgan fingerprint density at radius 1 is 0.365 bits per heavy atom. The highest BCUT2D eigenvalue weighted by molar-refractivity contribution is 6.22. The molecule has 0 unspecified atom stereocenters. The highest BCUT2D eigenvalue weighted by atomic mass is 15.1. The van der Waals surface area contributed by atoms with Crippen LogP contribution in [0.4, 0.5) is 17.1 Å². The maximum atomic E-state index is 4.98. The normalized spacial score (nSPS) is 11.5. The fourth-order valence-electron chi connectivity index (χ4n) is 7.99. The lowest BCUT2D eigenvalue weighted by Gasteiger charge is -2.26. The number of hydrogen-bond acceptors (Lipinski definition) is 2. The number of aromatic nitrogens is 2. The molecule has 3 nitrogen and oxygen atoms in total. The molecular weight excluding hydrogens is 631 g/mol. The third kappa shape index (κ3) is 4.86. The summed E-state index contributed by atoms with van der Waals surface area (Å²) in [5, 5.41) is 7.30. The summed E-state index contributed by atoms with van der Waals surface area (Å²) in [6.45, 7) is 0. The second-order valence-corrected chi connectivity index (χ2v) is 13.2. The zero-order valence-corrected chi connectivity index (χ0v) is 28.4. The van der Waals surface area contributed by atoms with Gasteiger partial charge in [0.05, 0.1) is 5.52 Å². The van der Waals surface area contributed by atoms with Gasteiger partial charge in [-0.05, 0) is 111 Å². The first-order chi connectivity index (χ1) is 25.8. The highest BCUT2D eigenvalue weighted by Crippen LogP contribution is 2.45. The third-order valence-corrected chi connectivity index (χ3v) is 10.2. The van der Waals surface area contributed by atoms with Crippen LogP contribution in [0.25, 0.3) is 71.4 Å². The number of hydrogen-bond donors (Lipinski definition) is 0. The first kappa shape index (κ1) is 29.9. The van der Waals surface area contributed by atoms with Gasteiger partial charge in [0.15, 0.2) is 0 Å². The highest BCUT2D eigenvalue weighted by Gasteiger charge is 2.20. The second kappa shape index (κ2) is 12.4. The van der Waals surface area contributed by atoms with Gasteiger partial charge in [0.2, 0.25) is 0 Å². The molecule has 10 rings (SSSR count). The van der Waals surface area contributed by atoms with E-state index in [-0.39, 0.29) is 0 Å². The topological polar surface area (TPSA) is 21.1 Å². The Labute approximate surface area is 302 Å². The van der Waals surface area contributed by atoms with Gasteiger partial charge in [0.1, 0.15) is 5.65 Å². The van der Waals surface area contributed by atoms with Gasteiger partial charge in [-0.3, -0.25) is 4.57 Å². The van der Waals surface area contributed by atoms with E-state index in [4.69, 9.17) is 4.98 Å². The molecule has 0 spiro atoms. The molecule has 10 aromatic rings. The van der Waals surface area contributed by atoms with Crippen molar-refractivity contribution >= 4 is 60.5 Å². The van der Waals surface area contributed by atoms with E-state index in [9.17, 15) is 0 Å². The third-order valence-electron chi connectivity index (χ3n) is 10.2. The summed E-state index contributed by atoms with van der Waals surface area (Å²) in [5.74, 6) is 0. The number of pyridine rings is 1. The Morgan fingerprint density at radius 3 is 1.50 bits per heavy atom. The van der Waals surface area contributed by atoms with Crippen LogP contribution in [-0.2, 0) is 0 Å². The molecule has 0 saturated heterocycles. The lowest BCUT2D eigenvalue weighted by atomic mass is 9.86. The summed E-state index contributed by atoms with van der Waals surface area (Å²) in [6.07, 6.45) is 1.89. The maximum Gasteiger partial charge on any atom is 0.145 e. The zero-order valence-electron chi connectivity index (χ0n) is 28.4. The molecule has 0 fully saturated rings. The molecule has 2 aromatic heterocycles. The van der Waals surface area contributed by atoms with E-state index in [0.29, 0.717) is 0 Å². The van der Waals surface area contributed by atoms with Crippen molar-refractivity contribution in [1.82, 2.24) is 9.55 Å². The molecule has 52 heavy (non-hydrogen) atoms. The van der Waals surface area contributed by atoms with Crippen molar-refractivity contribution in [2.24, 2.45) is 0 Å². The molecule has 0 atom stereocenters. The van der Waals surface area contributed by atoms with E-state index in [1.807, 2.05) is 12.3 Å². The fourth-order valence-corrected chi connectivity index (χ4v) is 7.99. The summed E-state index contributed by atoms with van der Waals surface area (Å²) < 4.78 is 2.31. The number of rotatable bonds is 6. The quantitative estimate of drug-likeness (QED) is 0.165. The van der Waals surface area contributed by atoms with E-state index in [1.54, 1.807) is 0 Å². The van der Waals surface area contributed by atoms with Crippen molar-refractivity contribution in [3.63, 3.8) is 0 Å². The monoisotopic (exact) mass is 663 g/mol. The minimum absolute atomic E-state index is 0.937. The fraction of sp³-hybridized carbons (Fsp3) is 0. The van der Waals surface area contributed by atoms with Crippen LogP contribution < -0.4 is 4.90 Å². The number of nitrogens with zero attached hydrogens (tertiary/aromatic N) is 3. The zero-order chi connectivity index (χ0) is 34.4. The summed E-state index contributed by atoms with van der Waals surface area (Å²) >= 11 is 0. The van der Waals surface area contributed by atoms with E-state index >= 15 is 0 Å². The first-order valence-electron chi connectivity index (χ1n) is 17.7. The molecule has 0 N–H and O–H groups in total. The van der Waals surface area contributed by atoms with Crippen LogP contribution in [0.15, 0.2) is 200 Å². The standard InChI is InChI=1S/C49H33N3/c1-4-16-34(17-5-1)47-40-24-10-12-26-42(40)48(43-27-13-11-25-41(43)47)35-29-30-46-45(32-35)44-28-15-31-50-49(44)52(46)39-23-14-22-38(33-39)51(36-18-6-2-7-19-36)37-20-8-3-9-21-37/h1-33H. The van der Waals surface area contributed by atoms with Gasteiger partial charge in [-0.2, -0.15) is 0 Å². The van der Waals surface area contributed by atoms with Crippen LogP contribution in [0, 0.1) is 0 Å². The van der Waals surface area contributed by atoms with Gasteiger partial charge in [0, 0.05) is 39.7 Å². The Balaban J connectivity index is 1.19. The van der Waals surface area contributed by atoms with Crippen molar-refractivity contribution in [2.45, 2.75) is 0 Å². The molecule has 244 valence electrons. The van der Waals surface area contributed by atoms with E-state index < -0.39 is 0 Å². The van der Waals surface area contributed by atoms with Crippen LogP contribution in [0.5, 0.6) is 0 Å². The number of para-hydroxylation sites is 2. The van der Waals surface area contributed by atoms with Gasteiger partial charge in [-0.25, -0.2) is 4.98 Å². The van der Waals surface area contributed by atoms with Crippen LogP contribution in [0.1, 0.15) is 0 Å². The molecular formula is C49H33N3. The SMILES string of the molecule is c1ccc(-c2c3ccccc3c(-c3ccc4c(c3)c3cccnc3n4-c3cccc(N(c4ccccc4)c4ccccc4)c3)c3ccccc23)cc1. The van der Waals surface area contributed by atoms with Crippen molar-refractivity contribution in [3.05, 3.63) is 200 Å². The number of benzene rings is 8. The van der Waals surface area contributed by atoms with E-state index in [0.717, 1.165) is 39.3 Å². The van der Waals surface area contributed by atoms with Gasteiger partial charge < -0.3 is 4.90 Å². The minimum Gasteiger partial charge on any atom is -0.310 e. The molecule has 0 saturated carbocycles. The van der Waals surface area contributed by atoms with Gasteiger partial charge >= 0.3 is 0 Å². The second-order valence-electron chi connectivity index (χ2n) is 13.2. The van der Waals surface area contributed by atoms with Gasteiger partial charge in [-0.1, -0.05) is 127 Å². The van der Waals surface area contributed by atoms with Crippen LogP contribution in [-0.4, -0.2) is 9.55 Å². The summed E-state index contributed by atoms with van der Waals surface area (Å²) in [7, 11) is 0. The molecule has 0 aliphatic rings. The van der Waals surface area contributed by atoms with Crippen molar-refractivity contribution < 1.29 is 0 Å². The summed E-state index contributed by atoms with van der Waals surface area (Å²) in [5.41, 5.74) is 11.3. The number of anilines is 3. The Kier molecular flexibility index (Phi) is 7.14. The predicted molar refractivity (Wildman–Crippen MR) is 219 cm³/mol. The average Bonchev–Trinajstić information content (AvgIpc) is 3.55. The van der Waals surface area contributed by atoms with Gasteiger partial charge in [0.25, 0.3) is 0 Å². The van der Waals surface area contributed by atoms with Gasteiger partial charge in [-0.15, -0.1) is 0 Å². The Hall–Kier alpha value is -6.97. The molecule has 0 bridgehead atoms. The molecule has 0 radical (unpaired) electrons. The van der Waals surface area contributed by atoms with E-state index in [2.05, 4.69) is 198 Å². The van der Waals surface area contributed by atoms with E-state index in [1.165, 1.54) is 49.2 Å². The smallest absolute Gasteiger partial charge is 0.145 e. The maximum absolute atomic E-state index is 4.98. The molecule has 0 amide bonds.